The SMILES string of the molecule is O=C([C@@H]1CCC2(CCN(c3ncccn3)CC2)O1)N1CCCC1. The highest BCUT2D eigenvalue weighted by molar-refractivity contribution is 5.81. The minimum absolute atomic E-state index is 0.106. The van der Waals surface area contributed by atoms with Gasteiger partial charge in [0.05, 0.1) is 5.60 Å². The second-order valence-electron chi connectivity index (χ2n) is 6.90. The lowest BCUT2D eigenvalue weighted by Crippen LogP contribution is -2.46. The molecule has 3 fully saturated rings. The van der Waals surface area contributed by atoms with Gasteiger partial charge >= 0.3 is 0 Å². The number of hydrogen-bond acceptors (Lipinski definition) is 5. The van der Waals surface area contributed by atoms with Crippen LogP contribution in [0.4, 0.5) is 5.95 Å². The summed E-state index contributed by atoms with van der Waals surface area (Å²) in [7, 11) is 0. The van der Waals surface area contributed by atoms with E-state index < -0.39 is 0 Å². The highest BCUT2D eigenvalue weighted by atomic mass is 16.5. The minimum Gasteiger partial charge on any atom is -0.362 e. The number of aromatic nitrogens is 2. The normalized spacial score (nSPS) is 26.9. The standard InChI is InChI=1S/C17H24N4O2/c22-15(20-10-1-2-11-20)14-4-5-17(23-14)6-12-21(13-7-17)16-18-8-3-9-19-16/h3,8-9,14H,1-2,4-7,10-13H2/t14-/m0/s1. The van der Waals surface area contributed by atoms with Crippen molar-refractivity contribution in [3.05, 3.63) is 18.5 Å². The summed E-state index contributed by atoms with van der Waals surface area (Å²) in [6, 6.07) is 1.84. The molecule has 1 aromatic heterocycles. The van der Waals surface area contributed by atoms with Gasteiger partial charge < -0.3 is 14.5 Å². The van der Waals surface area contributed by atoms with Crippen molar-refractivity contribution >= 4 is 11.9 Å². The molecule has 3 aliphatic heterocycles. The fourth-order valence-corrected chi connectivity index (χ4v) is 4.07. The zero-order valence-electron chi connectivity index (χ0n) is 13.5. The number of anilines is 1. The van der Waals surface area contributed by atoms with Crippen LogP contribution in [0.25, 0.3) is 0 Å². The van der Waals surface area contributed by atoms with E-state index in [9.17, 15) is 4.79 Å². The fraction of sp³-hybridized carbons (Fsp3) is 0.706. The highest BCUT2D eigenvalue weighted by Crippen LogP contribution is 2.40. The maximum atomic E-state index is 12.5. The van der Waals surface area contributed by atoms with Gasteiger partial charge in [0.15, 0.2) is 0 Å². The number of likely N-dealkylation sites (tertiary alicyclic amines) is 1. The first kappa shape index (κ1) is 14.9. The molecule has 1 amide bonds. The monoisotopic (exact) mass is 316 g/mol. The van der Waals surface area contributed by atoms with Crippen molar-refractivity contribution in [3.8, 4) is 0 Å². The molecule has 1 aromatic rings. The van der Waals surface area contributed by atoms with Crippen LogP contribution in [0.15, 0.2) is 18.5 Å². The Morgan fingerprint density at radius 1 is 1.09 bits per heavy atom. The van der Waals surface area contributed by atoms with E-state index >= 15 is 0 Å². The Bertz CT molecular complexity index is 551. The number of piperidine rings is 1. The van der Waals surface area contributed by atoms with E-state index in [1.807, 2.05) is 11.0 Å². The van der Waals surface area contributed by atoms with Crippen LogP contribution < -0.4 is 4.90 Å². The molecule has 6 nitrogen and oxygen atoms in total. The number of carbonyl (C=O) groups is 1. The molecule has 23 heavy (non-hydrogen) atoms. The summed E-state index contributed by atoms with van der Waals surface area (Å²) in [5, 5.41) is 0. The van der Waals surface area contributed by atoms with E-state index in [4.69, 9.17) is 4.74 Å². The van der Waals surface area contributed by atoms with E-state index in [1.165, 1.54) is 0 Å². The summed E-state index contributed by atoms with van der Waals surface area (Å²) >= 11 is 0. The van der Waals surface area contributed by atoms with Gasteiger partial charge in [-0.2, -0.15) is 0 Å². The second-order valence-corrected chi connectivity index (χ2v) is 6.90. The number of ether oxygens (including phenoxy) is 1. The molecule has 0 unspecified atom stereocenters. The van der Waals surface area contributed by atoms with E-state index in [-0.39, 0.29) is 17.6 Å². The Kier molecular flexibility index (Phi) is 3.93. The van der Waals surface area contributed by atoms with Crippen molar-refractivity contribution in [3.63, 3.8) is 0 Å². The fourth-order valence-electron chi connectivity index (χ4n) is 4.07. The third-order valence-electron chi connectivity index (χ3n) is 5.46. The summed E-state index contributed by atoms with van der Waals surface area (Å²) in [6.45, 7) is 3.61. The first-order chi connectivity index (χ1) is 11.3. The van der Waals surface area contributed by atoms with Crippen molar-refractivity contribution in [2.75, 3.05) is 31.1 Å². The molecule has 4 heterocycles. The average Bonchev–Trinajstić information content (AvgIpc) is 3.26. The average molecular weight is 316 g/mol. The molecule has 0 aliphatic carbocycles. The van der Waals surface area contributed by atoms with Crippen LogP contribution in [0, 0.1) is 0 Å². The molecule has 1 atom stereocenters. The first-order valence-corrected chi connectivity index (χ1v) is 8.74. The Morgan fingerprint density at radius 3 is 2.48 bits per heavy atom. The Labute approximate surface area is 136 Å². The van der Waals surface area contributed by atoms with Gasteiger partial charge in [0, 0.05) is 38.6 Å². The summed E-state index contributed by atoms with van der Waals surface area (Å²) in [5.74, 6) is 1.01. The molecular weight excluding hydrogens is 292 g/mol. The predicted molar refractivity (Wildman–Crippen MR) is 86.1 cm³/mol. The number of hydrogen-bond donors (Lipinski definition) is 0. The zero-order valence-corrected chi connectivity index (χ0v) is 13.5. The predicted octanol–water partition coefficient (Wildman–Crippen LogP) is 1.62. The summed E-state index contributed by atoms with van der Waals surface area (Å²) in [5.41, 5.74) is -0.106. The van der Waals surface area contributed by atoms with E-state index in [0.717, 1.165) is 70.7 Å². The Balaban J connectivity index is 1.35. The molecule has 1 spiro atoms. The quantitative estimate of drug-likeness (QED) is 0.830. The van der Waals surface area contributed by atoms with Crippen molar-refractivity contribution in [1.82, 2.24) is 14.9 Å². The molecule has 3 saturated heterocycles. The van der Waals surface area contributed by atoms with Crippen molar-refractivity contribution < 1.29 is 9.53 Å². The molecule has 4 rings (SSSR count). The van der Waals surface area contributed by atoms with Crippen LogP contribution in [0.5, 0.6) is 0 Å². The lowest BCUT2D eigenvalue weighted by atomic mass is 9.88. The molecule has 0 radical (unpaired) electrons. The molecule has 3 aliphatic rings. The third-order valence-corrected chi connectivity index (χ3v) is 5.46. The number of carbonyl (C=O) groups excluding carboxylic acids is 1. The van der Waals surface area contributed by atoms with Gasteiger partial charge in [-0.3, -0.25) is 4.79 Å². The maximum absolute atomic E-state index is 12.5. The minimum atomic E-state index is -0.215. The van der Waals surface area contributed by atoms with Gasteiger partial charge in [0.1, 0.15) is 6.10 Å². The summed E-state index contributed by atoms with van der Waals surface area (Å²) in [4.78, 5) is 25.4. The van der Waals surface area contributed by atoms with Crippen molar-refractivity contribution in [2.24, 2.45) is 0 Å². The third kappa shape index (κ3) is 2.92. The molecule has 0 N–H and O–H groups in total. The lowest BCUT2D eigenvalue weighted by Gasteiger charge is -2.39. The van der Waals surface area contributed by atoms with Gasteiger partial charge in [-0.05, 0) is 44.6 Å². The number of nitrogens with zero attached hydrogens (tertiary/aromatic N) is 4. The van der Waals surface area contributed by atoms with Crippen molar-refractivity contribution in [1.29, 1.82) is 0 Å². The van der Waals surface area contributed by atoms with E-state index in [2.05, 4.69) is 14.9 Å². The number of rotatable bonds is 2. The van der Waals surface area contributed by atoms with Crippen LogP contribution in [-0.4, -0.2) is 58.7 Å². The molecule has 124 valence electrons. The molecular formula is C17H24N4O2. The van der Waals surface area contributed by atoms with Crippen LogP contribution in [0.3, 0.4) is 0 Å². The summed E-state index contributed by atoms with van der Waals surface area (Å²) < 4.78 is 6.29. The number of amides is 1. The van der Waals surface area contributed by atoms with Gasteiger partial charge in [0.2, 0.25) is 5.95 Å². The van der Waals surface area contributed by atoms with Gasteiger partial charge in [-0.1, -0.05) is 0 Å². The molecule has 0 saturated carbocycles. The van der Waals surface area contributed by atoms with Crippen LogP contribution in [0.2, 0.25) is 0 Å². The molecule has 0 bridgehead atoms. The van der Waals surface area contributed by atoms with Crippen LogP contribution >= 0.6 is 0 Å². The van der Waals surface area contributed by atoms with Gasteiger partial charge in [-0.15, -0.1) is 0 Å². The Morgan fingerprint density at radius 2 is 1.78 bits per heavy atom. The molecule has 6 heteroatoms. The lowest BCUT2D eigenvalue weighted by molar-refractivity contribution is -0.148. The van der Waals surface area contributed by atoms with E-state index in [1.54, 1.807) is 12.4 Å². The highest BCUT2D eigenvalue weighted by Gasteiger charge is 2.46. The van der Waals surface area contributed by atoms with E-state index in [0.29, 0.717) is 0 Å². The van der Waals surface area contributed by atoms with Gasteiger partial charge in [-0.25, -0.2) is 9.97 Å². The van der Waals surface area contributed by atoms with Crippen LogP contribution in [0.1, 0.15) is 38.5 Å². The summed E-state index contributed by atoms with van der Waals surface area (Å²) in [6.07, 6.45) is 9.40. The topological polar surface area (TPSA) is 58.6 Å². The largest absolute Gasteiger partial charge is 0.362 e. The smallest absolute Gasteiger partial charge is 0.251 e. The second kappa shape index (κ2) is 6.07. The molecule has 0 aromatic carbocycles. The first-order valence-electron chi connectivity index (χ1n) is 8.74. The maximum Gasteiger partial charge on any atom is 0.251 e. The van der Waals surface area contributed by atoms with Crippen molar-refractivity contribution in [2.45, 2.75) is 50.2 Å². The van der Waals surface area contributed by atoms with Crippen LogP contribution in [-0.2, 0) is 9.53 Å². The van der Waals surface area contributed by atoms with Gasteiger partial charge in [0.25, 0.3) is 5.91 Å². The Hall–Kier alpha value is -1.69. The zero-order chi connectivity index (χ0) is 15.7.